The number of rotatable bonds is 4. The minimum Gasteiger partial charge on any atom is -0.330 e. The molecular formula is C16H27NS. The Labute approximate surface area is 116 Å². The summed E-state index contributed by atoms with van der Waals surface area (Å²) in [7, 11) is 0. The zero-order valence-corrected chi connectivity index (χ0v) is 12.5. The van der Waals surface area contributed by atoms with Gasteiger partial charge >= 0.3 is 0 Å². The molecule has 0 atom stereocenters. The highest BCUT2D eigenvalue weighted by molar-refractivity contribution is 7.11. The van der Waals surface area contributed by atoms with Crippen LogP contribution >= 0.6 is 11.3 Å². The van der Waals surface area contributed by atoms with E-state index in [4.69, 9.17) is 5.73 Å². The minimum atomic E-state index is 0.399. The van der Waals surface area contributed by atoms with E-state index >= 15 is 0 Å². The van der Waals surface area contributed by atoms with Crippen LogP contribution in [0.1, 0.15) is 61.6 Å². The van der Waals surface area contributed by atoms with Crippen molar-refractivity contribution in [1.29, 1.82) is 0 Å². The third-order valence-corrected chi connectivity index (χ3v) is 5.69. The van der Waals surface area contributed by atoms with Crippen LogP contribution < -0.4 is 5.73 Å². The van der Waals surface area contributed by atoms with Gasteiger partial charge in [0.2, 0.25) is 0 Å². The summed E-state index contributed by atoms with van der Waals surface area (Å²) in [6, 6.07) is 4.63. The summed E-state index contributed by atoms with van der Waals surface area (Å²) in [5, 5.41) is 0. The van der Waals surface area contributed by atoms with Crippen LogP contribution in [0.4, 0.5) is 0 Å². The van der Waals surface area contributed by atoms with E-state index in [0.29, 0.717) is 5.41 Å². The Morgan fingerprint density at radius 1 is 1.06 bits per heavy atom. The summed E-state index contributed by atoms with van der Waals surface area (Å²) in [6.07, 6.45) is 12.1. The minimum absolute atomic E-state index is 0.399. The molecule has 0 saturated heterocycles. The molecule has 2 N–H and O–H groups in total. The molecule has 102 valence electrons. The van der Waals surface area contributed by atoms with Crippen molar-refractivity contribution in [2.45, 2.75) is 64.7 Å². The standard InChI is InChI=1S/C16H27NS/c1-2-14-8-9-15(18-14)12-16(13-17)10-6-4-3-5-7-11-16/h8-9H,2-7,10-13,17H2,1H3. The highest BCUT2D eigenvalue weighted by Gasteiger charge is 2.29. The van der Waals surface area contributed by atoms with Gasteiger partial charge in [-0.1, -0.05) is 39.0 Å². The second-order valence-electron chi connectivity index (χ2n) is 5.87. The van der Waals surface area contributed by atoms with Crippen LogP contribution in [-0.4, -0.2) is 6.54 Å². The molecule has 2 heteroatoms. The summed E-state index contributed by atoms with van der Waals surface area (Å²) in [5.74, 6) is 0. The molecule has 1 nitrogen and oxygen atoms in total. The van der Waals surface area contributed by atoms with Gasteiger partial charge in [-0.3, -0.25) is 0 Å². The Hall–Kier alpha value is -0.340. The van der Waals surface area contributed by atoms with E-state index in [2.05, 4.69) is 19.1 Å². The summed E-state index contributed by atoms with van der Waals surface area (Å²) < 4.78 is 0. The fourth-order valence-electron chi connectivity index (χ4n) is 3.19. The summed E-state index contributed by atoms with van der Waals surface area (Å²) in [4.78, 5) is 3.07. The lowest BCUT2D eigenvalue weighted by Crippen LogP contribution is -2.33. The third kappa shape index (κ3) is 3.58. The summed E-state index contributed by atoms with van der Waals surface area (Å²) in [5.41, 5.74) is 6.55. The summed E-state index contributed by atoms with van der Waals surface area (Å²) >= 11 is 2.00. The van der Waals surface area contributed by atoms with Gasteiger partial charge in [-0.25, -0.2) is 0 Å². The van der Waals surface area contributed by atoms with Crippen LogP contribution in [0.2, 0.25) is 0 Å². The average Bonchev–Trinajstić information content (AvgIpc) is 2.80. The summed E-state index contributed by atoms with van der Waals surface area (Å²) in [6.45, 7) is 3.11. The molecule has 2 rings (SSSR count). The second-order valence-corrected chi connectivity index (χ2v) is 7.12. The van der Waals surface area contributed by atoms with Crippen LogP contribution in [0.5, 0.6) is 0 Å². The van der Waals surface area contributed by atoms with Crippen LogP contribution in [-0.2, 0) is 12.8 Å². The van der Waals surface area contributed by atoms with Gasteiger partial charge in [-0.2, -0.15) is 0 Å². The van der Waals surface area contributed by atoms with Gasteiger partial charge < -0.3 is 5.73 Å². The Bertz CT molecular complexity index is 348. The van der Waals surface area contributed by atoms with E-state index in [9.17, 15) is 0 Å². The molecule has 1 fully saturated rings. The molecule has 18 heavy (non-hydrogen) atoms. The number of thiophene rings is 1. The second kappa shape index (κ2) is 6.72. The fraction of sp³-hybridized carbons (Fsp3) is 0.750. The van der Waals surface area contributed by atoms with Gasteiger partial charge in [-0.05, 0) is 49.8 Å². The van der Waals surface area contributed by atoms with Crippen LogP contribution in [0.15, 0.2) is 12.1 Å². The highest BCUT2D eigenvalue weighted by atomic mass is 32.1. The molecule has 0 aliphatic heterocycles. The first-order chi connectivity index (χ1) is 8.78. The van der Waals surface area contributed by atoms with E-state index < -0.39 is 0 Å². The Morgan fingerprint density at radius 2 is 1.67 bits per heavy atom. The lowest BCUT2D eigenvalue weighted by molar-refractivity contribution is 0.218. The van der Waals surface area contributed by atoms with Crippen LogP contribution in [0, 0.1) is 5.41 Å². The number of hydrogen-bond acceptors (Lipinski definition) is 2. The predicted molar refractivity (Wildman–Crippen MR) is 81.2 cm³/mol. The van der Waals surface area contributed by atoms with Crippen LogP contribution in [0.25, 0.3) is 0 Å². The first kappa shape index (κ1) is 14.1. The average molecular weight is 265 g/mol. The molecule has 0 amide bonds. The maximum Gasteiger partial charge on any atom is 0.00541 e. The largest absolute Gasteiger partial charge is 0.330 e. The molecule has 0 bridgehead atoms. The first-order valence-electron chi connectivity index (χ1n) is 7.56. The SMILES string of the molecule is CCc1ccc(CC2(CN)CCCCCCC2)s1. The predicted octanol–water partition coefficient (Wildman–Crippen LogP) is 4.54. The molecule has 1 aromatic heterocycles. The maximum atomic E-state index is 6.15. The molecule has 0 radical (unpaired) electrons. The van der Waals surface area contributed by atoms with Gasteiger partial charge in [0.1, 0.15) is 0 Å². The van der Waals surface area contributed by atoms with E-state index in [0.717, 1.165) is 6.54 Å². The molecule has 0 spiro atoms. The van der Waals surface area contributed by atoms with E-state index in [1.165, 1.54) is 62.7 Å². The highest BCUT2D eigenvalue weighted by Crippen LogP contribution is 2.38. The van der Waals surface area contributed by atoms with Crippen molar-refractivity contribution in [1.82, 2.24) is 0 Å². The number of hydrogen-bond donors (Lipinski definition) is 1. The quantitative estimate of drug-likeness (QED) is 0.849. The van der Waals surface area contributed by atoms with Crippen molar-refractivity contribution in [2.75, 3.05) is 6.54 Å². The lowest BCUT2D eigenvalue weighted by atomic mass is 9.73. The van der Waals surface area contributed by atoms with Gasteiger partial charge in [-0.15, -0.1) is 11.3 Å². The normalized spacial score (nSPS) is 20.3. The van der Waals surface area contributed by atoms with E-state index in [1.807, 2.05) is 11.3 Å². The monoisotopic (exact) mass is 265 g/mol. The number of nitrogens with two attached hydrogens (primary N) is 1. The molecule has 1 aromatic rings. The fourth-order valence-corrected chi connectivity index (χ4v) is 4.32. The zero-order valence-electron chi connectivity index (χ0n) is 11.7. The molecule has 0 aromatic carbocycles. The molecular weight excluding hydrogens is 238 g/mol. The molecule has 1 heterocycles. The van der Waals surface area contributed by atoms with Gasteiger partial charge in [0.05, 0.1) is 0 Å². The topological polar surface area (TPSA) is 26.0 Å². The first-order valence-corrected chi connectivity index (χ1v) is 8.37. The van der Waals surface area contributed by atoms with E-state index in [-0.39, 0.29) is 0 Å². The van der Waals surface area contributed by atoms with Crippen molar-refractivity contribution >= 4 is 11.3 Å². The smallest absolute Gasteiger partial charge is 0.00541 e. The van der Waals surface area contributed by atoms with Gasteiger partial charge in [0.15, 0.2) is 0 Å². The Kier molecular flexibility index (Phi) is 5.25. The van der Waals surface area contributed by atoms with Gasteiger partial charge in [0.25, 0.3) is 0 Å². The molecule has 1 saturated carbocycles. The maximum absolute atomic E-state index is 6.15. The zero-order chi connectivity index (χ0) is 12.8. The molecule has 0 unspecified atom stereocenters. The van der Waals surface area contributed by atoms with Crippen molar-refractivity contribution in [3.8, 4) is 0 Å². The van der Waals surface area contributed by atoms with Crippen molar-refractivity contribution in [3.63, 3.8) is 0 Å². The van der Waals surface area contributed by atoms with Crippen LogP contribution in [0.3, 0.4) is 0 Å². The van der Waals surface area contributed by atoms with Gasteiger partial charge in [0, 0.05) is 9.75 Å². The third-order valence-electron chi connectivity index (χ3n) is 4.46. The van der Waals surface area contributed by atoms with Crippen molar-refractivity contribution in [3.05, 3.63) is 21.9 Å². The lowest BCUT2D eigenvalue weighted by Gasteiger charge is -2.34. The number of aryl methyl sites for hydroxylation is 1. The van der Waals surface area contributed by atoms with Crippen molar-refractivity contribution in [2.24, 2.45) is 11.1 Å². The van der Waals surface area contributed by atoms with Crippen molar-refractivity contribution < 1.29 is 0 Å². The Morgan fingerprint density at radius 3 is 2.22 bits per heavy atom. The Balaban J connectivity index is 2.05. The molecule has 1 aliphatic rings. The molecule has 1 aliphatic carbocycles. The van der Waals surface area contributed by atoms with E-state index in [1.54, 1.807) is 4.88 Å².